The Labute approximate surface area is 80.0 Å². The third-order valence-corrected chi connectivity index (χ3v) is 1.62. The van der Waals surface area contributed by atoms with Gasteiger partial charge in [-0.05, 0) is 12.1 Å². The number of nitro groups is 1. The van der Waals surface area contributed by atoms with Gasteiger partial charge < -0.3 is 15.5 Å². The van der Waals surface area contributed by atoms with Crippen LogP contribution in [-0.4, -0.2) is 28.3 Å². The zero-order valence-corrected chi connectivity index (χ0v) is 7.30. The lowest BCUT2D eigenvalue weighted by atomic mass is 10.2. The zero-order chi connectivity index (χ0) is 10.6. The normalized spacial score (nSPS) is 9.79. The molecule has 6 nitrogen and oxygen atoms in total. The van der Waals surface area contributed by atoms with E-state index in [0.717, 1.165) is 0 Å². The van der Waals surface area contributed by atoms with Crippen LogP contribution in [0.5, 0.6) is 5.75 Å². The van der Waals surface area contributed by atoms with Gasteiger partial charge in [-0.2, -0.15) is 0 Å². The number of para-hydroxylation sites is 1. The van der Waals surface area contributed by atoms with Crippen LogP contribution in [0, 0.1) is 10.1 Å². The van der Waals surface area contributed by atoms with E-state index in [1.165, 1.54) is 18.2 Å². The molecule has 0 amide bonds. The number of nitrogens with zero attached hydrogens (tertiary/aromatic N) is 1. The molecule has 0 bridgehead atoms. The molecule has 6 heteroatoms. The number of aliphatic hydroxyl groups is 1. The SMILES string of the molecule is O=[N+]([O-])c1c(O)cccc1NCCO. The van der Waals surface area contributed by atoms with Crippen LogP contribution < -0.4 is 5.32 Å². The predicted octanol–water partition coefficient (Wildman–Crippen LogP) is 0.705. The van der Waals surface area contributed by atoms with Crippen molar-refractivity contribution in [2.45, 2.75) is 0 Å². The number of rotatable bonds is 4. The first-order chi connectivity index (χ1) is 6.66. The highest BCUT2D eigenvalue weighted by Crippen LogP contribution is 2.33. The molecule has 0 spiro atoms. The summed E-state index contributed by atoms with van der Waals surface area (Å²) < 4.78 is 0. The second kappa shape index (κ2) is 4.43. The molecular formula is C8H10N2O4. The number of nitrogens with one attached hydrogen (secondary N) is 1. The monoisotopic (exact) mass is 198 g/mol. The molecule has 3 N–H and O–H groups in total. The Morgan fingerprint density at radius 1 is 1.50 bits per heavy atom. The average Bonchev–Trinajstić information content (AvgIpc) is 2.14. The van der Waals surface area contributed by atoms with E-state index < -0.39 is 10.7 Å². The van der Waals surface area contributed by atoms with E-state index in [1.807, 2.05) is 0 Å². The van der Waals surface area contributed by atoms with Crippen LogP contribution >= 0.6 is 0 Å². The highest BCUT2D eigenvalue weighted by molar-refractivity contribution is 5.67. The molecule has 0 saturated carbocycles. The third kappa shape index (κ3) is 2.11. The smallest absolute Gasteiger partial charge is 0.333 e. The summed E-state index contributed by atoms with van der Waals surface area (Å²) in [6.45, 7) is 0.0666. The average molecular weight is 198 g/mol. The minimum atomic E-state index is -0.672. The van der Waals surface area contributed by atoms with Crippen molar-refractivity contribution >= 4 is 11.4 Å². The molecule has 14 heavy (non-hydrogen) atoms. The van der Waals surface area contributed by atoms with Gasteiger partial charge >= 0.3 is 5.69 Å². The van der Waals surface area contributed by atoms with Crippen molar-refractivity contribution in [2.24, 2.45) is 0 Å². The topological polar surface area (TPSA) is 95.6 Å². The maximum Gasteiger partial charge on any atom is 0.333 e. The minimum absolute atomic E-state index is 0.132. The Kier molecular flexibility index (Phi) is 3.24. The van der Waals surface area contributed by atoms with Gasteiger partial charge in [0.2, 0.25) is 0 Å². The van der Waals surface area contributed by atoms with Gasteiger partial charge in [-0.25, -0.2) is 0 Å². The van der Waals surface area contributed by atoms with E-state index in [2.05, 4.69) is 5.32 Å². The lowest BCUT2D eigenvalue weighted by Gasteiger charge is -2.05. The fourth-order valence-corrected chi connectivity index (χ4v) is 1.06. The van der Waals surface area contributed by atoms with Crippen LogP contribution in [0.15, 0.2) is 18.2 Å². The number of anilines is 1. The number of hydrogen-bond donors (Lipinski definition) is 3. The van der Waals surface area contributed by atoms with Gasteiger partial charge in [0.1, 0.15) is 5.69 Å². The molecule has 1 aromatic carbocycles. The molecule has 0 aromatic heterocycles. The van der Waals surface area contributed by atoms with E-state index in [9.17, 15) is 15.2 Å². The Balaban J connectivity index is 3.02. The lowest BCUT2D eigenvalue weighted by Crippen LogP contribution is -2.07. The summed E-state index contributed by atoms with van der Waals surface area (Å²) in [6, 6.07) is 4.19. The van der Waals surface area contributed by atoms with Gasteiger partial charge in [0.15, 0.2) is 5.75 Å². The number of aliphatic hydroxyl groups excluding tert-OH is 1. The molecule has 0 radical (unpaired) electrons. The van der Waals surface area contributed by atoms with Crippen LogP contribution in [0.25, 0.3) is 0 Å². The number of phenols is 1. The maximum absolute atomic E-state index is 10.5. The summed E-state index contributed by atoms with van der Waals surface area (Å²) in [7, 11) is 0. The number of benzene rings is 1. The van der Waals surface area contributed by atoms with Crippen molar-refractivity contribution in [1.82, 2.24) is 0 Å². The van der Waals surface area contributed by atoms with Crippen molar-refractivity contribution in [2.75, 3.05) is 18.5 Å². The fourth-order valence-electron chi connectivity index (χ4n) is 1.06. The van der Waals surface area contributed by atoms with Crippen molar-refractivity contribution < 1.29 is 15.1 Å². The minimum Gasteiger partial charge on any atom is -0.502 e. The zero-order valence-electron chi connectivity index (χ0n) is 7.30. The lowest BCUT2D eigenvalue weighted by molar-refractivity contribution is -0.384. The molecule has 0 unspecified atom stereocenters. The summed E-state index contributed by atoms with van der Waals surface area (Å²) >= 11 is 0. The molecule has 0 aliphatic heterocycles. The molecular weight excluding hydrogens is 188 g/mol. The standard InChI is InChI=1S/C8H10N2O4/c11-5-4-9-6-2-1-3-7(12)8(6)10(13)14/h1-3,9,11-12H,4-5H2. The molecule has 0 aliphatic rings. The molecule has 0 heterocycles. The number of hydrogen-bond acceptors (Lipinski definition) is 5. The molecule has 0 aliphatic carbocycles. The predicted molar refractivity (Wildman–Crippen MR) is 50.3 cm³/mol. The summed E-state index contributed by atoms with van der Waals surface area (Å²) in [4.78, 5) is 9.88. The van der Waals surface area contributed by atoms with Crippen molar-refractivity contribution in [3.8, 4) is 5.75 Å². The maximum atomic E-state index is 10.5. The number of nitro benzene ring substituents is 1. The van der Waals surface area contributed by atoms with Crippen LogP contribution in [-0.2, 0) is 0 Å². The van der Waals surface area contributed by atoms with E-state index in [0.29, 0.717) is 0 Å². The van der Waals surface area contributed by atoms with Crippen LogP contribution in [0.3, 0.4) is 0 Å². The van der Waals surface area contributed by atoms with Gasteiger partial charge in [0.05, 0.1) is 11.5 Å². The van der Waals surface area contributed by atoms with E-state index in [-0.39, 0.29) is 24.5 Å². The van der Waals surface area contributed by atoms with Gasteiger partial charge in [0.25, 0.3) is 0 Å². The summed E-state index contributed by atoms with van der Waals surface area (Å²) in [6.07, 6.45) is 0. The fraction of sp³-hybridized carbons (Fsp3) is 0.250. The largest absolute Gasteiger partial charge is 0.502 e. The first kappa shape index (κ1) is 10.3. The van der Waals surface area contributed by atoms with E-state index >= 15 is 0 Å². The quantitative estimate of drug-likeness (QED) is 0.489. The molecule has 76 valence electrons. The summed E-state index contributed by atoms with van der Waals surface area (Å²) in [5.74, 6) is -0.391. The van der Waals surface area contributed by atoms with Gasteiger partial charge in [-0.15, -0.1) is 0 Å². The van der Waals surface area contributed by atoms with Crippen LogP contribution in [0.4, 0.5) is 11.4 Å². The molecule has 1 aromatic rings. The Bertz CT molecular complexity index is 340. The Hall–Kier alpha value is -1.82. The van der Waals surface area contributed by atoms with Gasteiger partial charge in [-0.3, -0.25) is 10.1 Å². The number of aromatic hydroxyl groups is 1. The first-order valence-electron chi connectivity index (χ1n) is 3.98. The van der Waals surface area contributed by atoms with Crippen molar-refractivity contribution in [3.63, 3.8) is 0 Å². The second-order valence-electron chi connectivity index (χ2n) is 2.58. The van der Waals surface area contributed by atoms with Gasteiger partial charge in [0, 0.05) is 6.54 Å². The molecule has 0 saturated heterocycles. The Morgan fingerprint density at radius 3 is 2.79 bits per heavy atom. The van der Waals surface area contributed by atoms with E-state index in [4.69, 9.17) is 5.11 Å². The third-order valence-electron chi connectivity index (χ3n) is 1.62. The van der Waals surface area contributed by atoms with Crippen molar-refractivity contribution in [3.05, 3.63) is 28.3 Å². The summed E-state index contributed by atoms with van der Waals surface area (Å²) in [5, 5.41) is 30.9. The first-order valence-corrected chi connectivity index (χ1v) is 3.98. The second-order valence-corrected chi connectivity index (χ2v) is 2.58. The molecule has 1 rings (SSSR count). The van der Waals surface area contributed by atoms with Crippen molar-refractivity contribution in [1.29, 1.82) is 0 Å². The molecule has 0 fully saturated rings. The van der Waals surface area contributed by atoms with Gasteiger partial charge in [-0.1, -0.05) is 6.07 Å². The summed E-state index contributed by atoms with van der Waals surface area (Å²) in [5.41, 5.74) is -0.176. The van der Waals surface area contributed by atoms with Crippen LogP contribution in [0.1, 0.15) is 0 Å². The van der Waals surface area contributed by atoms with E-state index in [1.54, 1.807) is 0 Å². The Morgan fingerprint density at radius 2 is 2.21 bits per heavy atom. The highest BCUT2D eigenvalue weighted by Gasteiger charge is 2.18. The highest BCUT2D eigenvalue weighted by atomic mass is 16.6. The number of phenolic OH excluding ortho intramolecular Hbond substituents is 1. The van der Waals surface area contributed by atoms with Crippen LogP contribution in [0.2, 0.25) is 0 Å². The molecule has 0 atom stereocenters.